The van der Waals surface area contributed by atoms with Crippen LogP contribution in [0.3, 0.4) is 0 Å². The van der Waals surface area contributed by atoms with Gasteiger partial charge in [0.15, 0.2) is 0 Å². The molecule has 2 fully saturated rings. The molecular weight excluding hydrogens is 212 g/mol. The van der Waals surface area contributed by atoms with E-state index in [1.54, 1.807) is 0 Å². The van der Waals surface area contributed by atoms with Crippen molar-refractivity contribution in [1.29, 1.82) is 0 Å². The number of hydrogen-bond donors (Lipinski definition) is 1. The maximum absolute atomic E-state index is 10.3. The number of rotatable bonds is 3. The van der Waals surface area contributed by atoms with E-state index in [0.29, 0.717) is 5.92 Å². The second-order valence-electron chi connectivity index (χ2n) is 6.47. The third kappa shape index (κ3) is 3.01. The maximum Gasteiger partial charge on any atom is 0.0631 e. The Hall–Kier alpha value is -0.120. The van der Waals surface area contributed by atoms with Crippen LogP contribution in [0.4, 0.5) is 0 Å². The minimum Gasteiger partial charge on any atom is -0.392 e. The zero-order valence-corrected chi connectivity index (χ0v) is 11.7. The van der Waals surface area contributed by atoms with E-state index >= 15 is 0 Å². The summed E-state index contributed by atoms with van der Waals surface area (Å²) >= 11 is 0. The molecule has 0 spiro atoms. The molecule has 1 saturated carbocycles. The van der Waals surface area contributed by atoms with Gasteiger partial charge in [-0.15, -0.1) is 0 Å². The summed E-state index contributed by atoms with van der Waals surface area (Å²) in [5.41, 5.74) is 0.135. The first-order valence-corrected chi connectivity index (χ1v) is 7.15. The molecule has 17 heavy (non-hydrogen) atoms. The topological polar surface area (TPSA) is 26.7 Å². The molecule has 0 aromatic carbocycles. The van der Waals surface area contributed by atoms with Crippen molar-refractivity contribution in [2.75, 3.05) is 39.3 Å². The summed E-state index contributed by atoms with van der Waals surface area (Å²) in [5.74, 6) is 0.498. The van der Waals surface area contributed by atoms with Crippen molar-refractivity contribution < 1.29 is 5.11 Å². The largest absolute Gasteiger partial charge is 0.392 e. The Balaban J connectivity index is 1.79. The second-order valence-corrected chi connectivity index (χ2v) is 6.47. The monoisotopic (exact) mass is 240 g/mol. The van der Waals surface area contributed by atoms with E-state index < -0.39 is 0 Å². The second kappa shape index (κ2) is 5.25. The highest BCUT2D eigenvalue weighted by Crippen LogP contribution is 2.41. The SMILES string of the molecule is CCN1CCN(CC2CCC(C)(C)C2O)CC1. The lowest BCUT2D eigenvalue weighted by Gasteiger charge is -2.36. The van der Waals surface area contributed by atoms with Gasteiger partial charge in [0.05, 0.1) is 6.10 Å². The first-order valence-electron chi connectivity index (χ1n) is 7.15. The molecule has 1 aliphatic heterocycles. The van der Waals surface area contributed by atoms with Crippen LogP contribution in [0, 0.1) is 11.3 Å². The average Bonchev–Trinajstić information content (AvgIpc) is 2.57. The number of nitrogens with zero attached hydrogens (tertiary/aromatic N) is 2. The third-order valence-electron chi connectivity index (χ3n) is 4.81. The normalized spacial score (nSPS) is 35.3. The smallest absolute Gasteiger partial charge is 0.0631 e. The van der Waals surface area contributed by atoms with Gasteiger partial charge in [0.2, 0.25) is 0 Å². The summed E-state index contributed by atoms with van der Waals surface area (Å²) in [5, 5.41) is 10.3. The molecule has 1 N–H and O–H groups in total. The molecule has 0 bridgehead atoms. The molecule has 0 amide bonds. The molecule has 0 aromatic rings. The van der Waals surface area contributed by atoms with Crippen molar-refractivity contribution in [3.8, 4) is 0 Å². The molecule has 2 atom stereocenters. The molecule has 100 valence electrons. The van der Waals surface area contributed by atoms with Crippen molar-refractivity contribution in [2.24, 2.45) is 11.3 Å². The minimum atomic E-state index is -0.105. The number of aliphatic hydroxyl groups is 1. The molecule has 3 heteroatoms. The Morgan fingerprint density at radius 2 is 1.71 bits per heavy atom. The van der Waals surface area contributed by atoms with Gasteiger partial charge in [-0.05, 0) is 30.7 Å². The quantitative estimate of drug-likeness (QED) is 0.808. The third-order valence-corrected chi connectivity index (χ3v) is 4.81. The number of hydrogen-bond acceptors (Lipinski definition) is 3. The summed E-state index contributed by atoms with van der Waals surface area (Å²) in [6.45, 7) is 13.7. The van der Waals surface area contributed by atoms with Crippen molar-refractivity contribution >= 4 is 0 Å². The van der Waals surface area contributed by atoms with Crippen molar-refractivity contribution in [3.63, 3.8) is 0 Å². The van der Waals surface area contributed by atoms with Crippen molar-refractivity contribution in [2.45, 2.75) is 39.7 Å². The number of aliphatic hydroxyl groups excluding tert-OH is 1. The minimum absolute atomic E-state index is 0.105. The highest BCUT2D eigenvalue weighted by atomic mass is 16.3. The Morgan fingerprint density at radius 1 is 1.12 bits per heavy atom. The van der Waals surface area contributed by atoms with Crippen LogP contribution in [-0.2, 0) is 0 Å². The summed E-state index contributed by atoms with van der Waals surface area (Å²) in [7, 11) is 0. The first-order chi connectivity index (χ1) is 8.03. The molecule has 3 nitrogen and oxygen atoms in total. The Labute approximate surface area is 106 Å². The molecule has 0 aromatic heterocycles. The van der Waals surface area contributed by atoms with Gasteiger partial charge in [0.25, 0.3) is 0 Å². The predicted octanol–water partition coefficient (Wildman–Crippen LogP) is 1.42. The molecule has 1 saturated heterocycles. The van der Waals surface area contributed by atoms with Crippen LogP contribution < -0.4 is 0 Å². The van der Waals surface area contributed by atoms with Crippen LogP contribution in [0.5, 0.6) is 0 Å². The molecule has 1 aliphatic carbocycles. The lowest BCUT2D eigenvalue weighted by Crippen LogP contribution is -2.48. The molecular formula is C14H28N2O. The highest BCUT2D eigenvalue weighted by Gasteiger charge is 2.41. The Bertz CT molecular complexity index is 247. The van der Waals surface area contributed by atoms with Crippen molar-refractivity contribution in [1.82, 2.24) is 9.80 Å². The van der Waals surface area contributed by atoms with E-state index in [9.17, 15) is 5.11 Å². The van der Waals surface area contributed by atoms with Crippen LogP contribution in [0.25, 0.3) is 0 Å². The van der Waals surface area contributed by atoms with Gasteiger partial charge in [-0.2, -0.15) is 0 Å². The summed E-state index contributed by atoms with van der Waals surface area (Å²) in [6.07, 6.45) is 2.27. The number of piperazine rings is 1. The van der Waals surface area contributed by atoms with Crippen LogP contribution in [0.2, 0.25) is 0 Å². The van der Waals surface area contributed by atoms with Crippen LogP contribution in [-0.4, -0.2) is 60.3 Å². The zero-order chi connectivity index (χ0) is 12.5. The van der Waals surface area contributed by atoms with Crippen molar-refractivity contribution in [3.05, 3.63) is 0 Å². The average molecular weight is 240 g/mol. The zero-order valence-electron chi connectivity index (χ0n) is 11.7. The van der Waals surface area contributed by atoms with Crippen LogP contribution >= 0.6 is 0 Å². The first kappa shape index (κ1) is 13.3. The molecule has 2 rings (SSSR count). The molecule has 2 aliphatic rings. The van der Waals surface area contributed by atoms with Gasteiger partial charge in [0, 0.05) is 32.7 Å². The molecule has 0 radical (unpaired) electrons. The standard InChI is InChI=1S/C14H28N2O/c1-4-15-7-9-16(10-8-15)11-12-5-6-14(2,3)13(12)17/h12-13,17H,4-11H2,1-3H3. The number of likely N-dealkylation sites (N-methyl/N-ethyl adjacent to an activating group) is 1. The fourth-order valence-corrected chi connectivity index (χ4v) is 3.31. The van der Waals surface area contributed by atoms with E-state index in [2.05, 4.69) is 30.6 Å². The van der Waals surface area contributed by atoms with E-state index in [1.807, 2.05) is 0 Å². The summed E-state index contributed by atoms with van der Waals surface area (Å²) < 4.78 is 0. The van der Waals surface area contributed by atoms with Gasteiger partial charge in [-0.1, -0.05) is 20.8 Å². The predicted molar refractivity (Wildman–Crippen MR) is 71.1 cm³/mol. The van der Waals surface area contributed by atoms with Gasteiger partial charge in [0.1, 0.15) is 0 Å². The van der Waals surface area contributed by atoms with Gasteiger partial charge < -0.3 is 14.9 Å². The molecule has 2 unspecified atom stereocenters. The fraction of sp³-hybridized carbons (Fsp3) is 1.00. The van der Waals surface area contributed by atoms with E-state index in [1.165, 1.54) is 45.6 Å². The van der Waals surface area contributed by atoms with Gasteiger partial charge in [-0.3, -0.25) is 0 Å². The Morgan fingerprint density at radius 3 is 2.18 bits per heavy atom. The Kier molecular flexibility index (Phi) is 4.11. The summed E-state index contributed by atoms with van der Waals surface area (Å²) in [6, 6.07) is 0. The lowest BCUT2D eigenvalue weighted by molar-refractivity contribution is 0.0249. The lowest BCUT2D eigenvalue weighted by atomic mass is 9.87. The van der Waals surface area contributed by atoms with E-state index in [-0.39, 0.29) is 11.5 Å². The summed E-state index contributed by atoms with van der Waals surface area (Å²) in [4.78, 5) is 5.05. The maximum atomic E-state index is 10.3. The highest BCUT2D eigenvalue weighted by molar-refractivity contribution is 4.92. The fourth-order valence-electron chi connectivity index (χ4n) is 3.31. The van der Waals surface area contributed by atoms with Crippen LogP contribution in [0.15, 0.2) is 0 Å². The molecule has 1 heterocycles. The van der Waals surface area contributed by atoms with E-state index in [0.717, 1.165) is 6.54 Å². The van der Waals surface area contributed by atoms with Crippen LogP contribution in [0.1, 0.15) is 33.6 Å². The van der Waals surface area contributed by atoms with E-state index in [4.69, 9.17) is 0 Å². The van der Waals surface area contributed by atoms with Gasteiger partial charge in [-0.25, -0.2) is 0 Å². The van der Waals surface area contributed by atoms with Gasteiger partial charge >= 0.3 is 0 Å².